The summed E-state index contributed by atoms with van der Waals surface area (Å²) >= 11 is 0. The van der Waals surface area contributed by atoms with Crippen molar-refractivity contribution in [3.8, 4) is 0 Å². The van der Waals surface area contributed by atoms with E-state index in [0.29, 0.717) is 0 Å². The van der Waals surface area contributed by atoms with Gasteiger partial charge in [-0.05, 0) is 24.1 Å². The highest BCUT2D eigenvalue weighted by molar-refractivity contribution is 5.78. The van der Waals surface area contributed by atoms with Gasteiger partial charge in [-0.2, -0.15) is 5.10 Å². The maximum atomic E-state index is 9.60. The summed E-state index contributed by atoms with van der Waals surface area (Å²) in [5.41, 5.74) is 1.96. The van der Waals surface area contributed by atoms with E-state index in [0.717, 1.165) is 22.9 Å². The molecule has 3 heteroatoms. The highest BCUT2D eigenvalue weighted by atomic mass is 16.3. The van der Waals surface area contributed by atoms with Crippen molar-refractivity contribution >= 4 is 10.9 Å². The third-order valence-corrected chi connectivity index (χ3v) is 2.24. The molecule has 0 aliphatic heterocycles. The van der Waals surface area contributed by atoms with Gasteiger partial charge >= 0.3 is 0 Å². The molecule has 0 bridgehead atoms. The number of aliphatic hydroxyl groups excluding tert-OH is 1. The molecule has 2 rings (SSSR count). The summed E-state index contributed by atoms with van der Waals surface area (Å²) in [6.07, 6.45) is 2.14. The van der Waals surface area contributed by atoms with E-state index in [1.807, 2.05) is 25.1 Å². The van der Waals surface area contributed by atoms with Crippen molar-refractivity contribution in [2.45, 2.75) is 19.4 Å². The van der Waals surface area contributed by atoms with Crippen LogP contribution in [0.3, 0.4) is 0 Å². The molecule has 0 spiro atoms. The second-order valence-electron chi connectivity index (χ2n) is 3.14. The van der Waals surface area contributed by atoms with Crippen molar-refractivity contribution in [1.82, 2.24) is 10.2 Å². The molecule has 1 heterocycles. The van der Waals surface area contributed by atoms with Crippen molar-refractivity contribution in [2.75, 3.05) is 0 Å². The molecule has 68 valence electrons. The number of nitrogens with one attached hydrogen (secondary N) is 1. The molecule has 2 N–H and O–H groups in total. The van der Waals surface area contributed by atoms with E-state index in [2.05, 4.69) is 10.2 Å². The summed E-state index contributed by atoms with van der Waals surface area (Å²) in [7, 11) is 0. The number of rotatable bonds is 2. The normalized spacial score (nSPS) is 13.4. The topological polar surface area (TPSA) is 48.9 Å². The molecule has 0 radical (unpaired) electrons. The lowest BCUT2D eigenvalue weighted by Gasteiger charge is -2.06. The Balaban J connectivity index is 2.48. The maximum Gasteiger partial charge on any atom is 0.0787 e. The number of H-pyrrole nitrogens is 1. The number of aliphatic hydroxyl groups is 1. The molecule has 1 atom stereocenters. The van der Waals surface area contributed by atoms with Crippen LogP contribution in [-0.2, 0) is 0 Å². The second-order valence-corrected chi connectivity index (χ2v) is 3.14. The van der Waals surface area contributed by atoms with Crippen molar-refractivity contribution in [1.29, 1.82) is 0 Å². The predicted octanol–water partition coefficient (Wildman–Crippen LogP) is 2.01. The van der Waals surface area contributed by atoms with Crippen LogP contribution in [0.5, 0.6) is 0 Å². The third kappa shape index (κ3) is 1.42. The molecule has 1 aromatic carbocycles. The van der Waals surface area contributed by atoms with Crippen molar-refractivity contribution in [3.63, 3.8) is 0 Å². The van der Waals surface area contributed by atoms with Crippen LogP contribution in [0.2, 0.25) is 0 Å². The molecule has 0 aliphatic rings. The Kier molecular flexibility index (Phi) is 2.02. The molecule has 0 saturated heterocycles. The Hall–Kier alpha value is -1.35. The van der Waals surface area contributed by atoms with Gasteiger partial charge in [0.2, 0.25) is 0 Å². The van der Waals surface area contributed by atoms with Gasteiger partial charge < -0.3 is 5.11 Å². The Bertz CT molecular complexity index is 408. The first-order valence-corrected chi connectivity index (χ1v) is 4.42. The summed E-state index contributed by atoms with van der Waals surface area (Å²) in [6.45, 7) is 1.96. The third-order valence-electron chi connectivity index (χ3n) is 2.24. The highest BCUT2D eigenvalue weighted by Gasteiger charge is 2.05. The van der Waals surface area contributed by atoms with Gasteiger partial charge in [-0.15, -0.1) is 0 Å². The number of hydrogen-bond acceptors (Lipinski definition) is 2. The van der Waals surface area contributed by atoms with Crippen LogP contribution in [0, 0.1) is 0 Å². The fourth-order valence-corrected chi connectivity index (χ4v) is 1.40. The molecule has 13 heavy (non-hydrogen) atoms. The summed E-state index contributed by atoms with van der Waals surface area (Å²) in [4.78, 5) is 0. The lowest BCUT2D eigenvalue weighted by atomic mass is 10.1. The lowest BCUT2D eigenvalue weighted by molar-refractivity contribution is 0.174. The summed E-state index contributed by atoms with van der Waals surface area (Å²) in [6, 6.07) is 5.83. The molecule has 0 amide bonds. The molecule has 3 nitrogen and oxygen atoms in total. The van der Waals surface area contributed by atoms with Crippen LogP contribution in [0.25, 0.3) is 10.9 Å². The van der Waals surface area contributed by atoms with Gasteiger partial charge in [0.05, 0.1) is 17.8 Å². The van der Waals surface area contributed by atoms with Crippen LogP contribution in [-0.4, -0.2) is 15.3 Å². The van der Waals surface area contributed by atoms with Gasteiger partial charge in [0.25, 0.3) is 0 Å². The van der Waals surface area contributed by atoms with Crippen molar-refractivity contribution in [3.05, 3.63) is 30.0 Å². The molecule has 1 unspecified atom stereocenters. The van der Waals surface area contributed by atoms with E-state index in [-0.39, 0.29) is 6.10 Å². The predicted molar refractivity (Wildman–Crippen MR) is 51.3 cm³/mol. The molecule has 0 saturated carbocycles. The van der Waals surface area contributed by atoms with E-state index < -0.39 is 0 Å². The summed E-state index contributed by atoms with van der Waals surface area (Å²) in [5.74, 6) is 0. The van der Waals surface area contributed by atoms with Crippen LogP contribution in [0.4, 0.5) is 0 Å². The van der Waals surface area contributed by atoms with Crippen LogP contribution in [0.1, 0.15) is 25.0 Å². The summed E-state index contributed by atoms with van der Waals surface area (Å²) < 4.78 is 0. The van der Waals surface area contributed by atoms with E-state index in [1.165, 1.54) is 0 Å². The number of hydrogen-bond donors (Lipinski definition) is 2. The Morgan fingerprint density at radius 1 is 1.54 bits per heavy atom. The van der Waals surface area contributed by atoms with Gasteiger partial charge in [-0.3, -0.25) is 5.10 Å². The molecule has 0 fully saturated rings. The van der Waals surface area contributed by atoms with Gasteiger partial charge in [-0.1, -0.05) is 13.0 Å². The number of aromatic nitrogens is 2. The molecule has 0 aliphatic carbocycles. The summed E-state index contributed by atoms with van der Waals surface area (Å²) in [5, 5.41) is 17.4. The number of fused-ring (bicyclic) bond motifs is 1. The fraction of sp³-hybridized carbons (Fsp3) is 0.300. The standard InChI is InChI=1S/C10H12N2O/c1-2-10(13)7-3-4-9-8(5-7)6-11-12-9/h3-6,10,13H,2H2,1H3,(H,11,12). The first-order chi connectivity index (χ1) is 6.31. The minimum absolute atomic E-state index is 0.362. The minimum atomic E-state index is -0.362. The zero-order valence-electron chi connectivity index (χ0n) is 7.49. The largest absolute Gasteiger partial charge is 0.388 e. The monoisotopic (exact) mass is 176 g/mol. The zero-order chi connectivity index (χ0) is 9.26. The first kappa shape index (κ1) is 8.26. The van der Waals surface area contributed by atoms with Crippen molar-refractivity contribution in [2.24, 2.45) is 0 Å². The van der Waals surface area contributed by atoms with E-state index in [9.17, 15) is 5.11 Å². The Morgan fingerprint density at radius 3 is 3.15 bits per heavy atom. The van der Waals surface area contributed by atoms with Crippen LogP contribution < -0.4 is 0 Å². The maximum absolute atomic E-state index is 9.60. The number of aromatic amines is 1. The lowest BCUT2D eigenvalue weighted by Crippen LogP contribution is -1.93. The smallest absolute Gasteiger partial charge is 0.0787 e. The van der Waals surface area contributed by atoms with E-state index in [4.69, 9.17) is 0 Å². The van der Waals surface area contributed by atoms with Crippen LogP contribution >= 0.6 is 0 Å². The molecule has 1 aromatic heterocycles. The molecule has 2 aromatic rings. The highest BCUT2D eigenvalue weighted by Crippen LogP contribution is 2.20. The van der Waals surface area contributed by atoms with Gasteiger partial charge in [-0.25, -0.2) is 0 Å². The fourth-order valence-electron chi connectivity index (χ4n) is 1.40. The second kappa shape index (κ2) is 3.18. The zero-order valence-corrected chi connectivity index (χ0v) is 7.49. The molecular weight excluding hydrogens is 164 g/mol. The molecular formula is C10H12N2O. The minimum Gasteiger partial charge on any atom is -0.388 e. The average molecular weight is 176 g/mol. The van der Waals surface area contributed by atoms with Gasteiger partial charge in [0.1, 0.15) is 0 Å². The number of benzene rings is 1. The van der Waals surface area contributed by atoms with Gasteiger partial charge in [0, 0.05) is 5.39 Å². The van der Waals surface area contributed by atoms with E-state index in [1.54, 1.807) is 6.20 Å². The first-order valence-electron chi connectivity index (χ1n) is 4.42. The Morgan fingerprint density at radius 2 is 2.38 bits per heavy atom. The van der Waals surface area contributed by atoms with Gasteiger partial charge in [0.15, 0.2) is 0 Å². The quantitative estimate of drug-likeness (QED) is 0.735. The number of nitrogens with zero attached hydrogens (tertiary/aromatic N) is 1. The van der Waals surface area contributed by atoms with Crippen molar-refractivity contribution < 1.29 is 5.11 Å². The Labute approximate surface area is 76.4 Å². The van der Waals surface area contributed by atoms with E-state index >= 15 is 0 Å². The SMILES string of the molecule is CCC(O)c1ccc2[nH]ncc2c1. The van der Waals surface area contributed by atoms with Crippen LogP contribution in [0.15, 0.2) is 24.4 Å². The average Bonchev–Trinajstić information content (AvgIpc) is 2.63.